The average molecular weight is 329 g/mol. The zero-order valence-corrected chi connectivity index (χ0v) is 14.2. The van der Waals surface area contributed by atoms with E-state index in [2.05, 4.69) is 45.9 Å². The van der Waals surface area contributed by atoms with Gasteiger partial charge in [0.25, 0.3) is 0 Å². The van der Waals surface area contributed by atoms with Gasteiger partial charge in [-0.15, -0.1) is 0 Å². The van der Waals surface area contributed by atoms with Crippen molar-refractivity contribution in [1.82, 2.24) is 15.5 Å². The van der Waals surface area contributed by atoms with E-state index in [9.17, 15) is 4.79 Å². The zero-order valence-electron chi connectivity index (χ0n) is 14.2. The Balaban J connectivity index is 1.78. The number of carbonyl (C=O) groups is 1. The highest BCUT2D eigenvalue weighted by Gasteiger charge is 2.52. The first-order valence-corrected chi connectivity index (χ1v) is 9.22. The summed E-state index contributed by atoms with van der Waals surface area (Å²) in [6, 6.07) is 10.7. The van der Waals surface area contributed by atoms with E-state index < -0.39 is 0 Å². The van der Waals surface area contributed by atoms with E-state index in [1.807, 2.05) is 0 Å². The Morgan fingerprint density at radius 3 is 2.62 bits per heavy atom. The molecule has 0 bridgehead atoms. The molecule has 3 saturated heterocycles. The lowest BCUT2D eigenvalue weighted by atomic mass is 9.66. The highest BCUT2D eigenvalue weighted by molar-refractivity contribution is 5.77. The van der Waals surface area contributed by atoms with Gasteiger partial charge < -0.3 is 20.3 Å². The normalized spacial score (nSPS) is 31.9. The molecule has 0 spiro atoms. The number of nitrogens with one attached hydrogen (secondary N) is 2. The Bertz CT molecular complexity index is 573. The van der Waals surface area contributed by atoms with Gasteiger partial charge in [0.2, 0.25) is 0 Å². The van der Waals surface area contributed by atoms with Gasteiger partial charge >= 0.3 is 6.03 Å². The van der Waals surface area contributed by atoms with Gasteiger partial charge in [-0.25, -0.2) is 4.79 Å². The maximum atomic E-state index is 12.6. The van der Waals surface area contributed by atoms with Gasteiger partial charge in [0.15, 0.2) is 0 Å². The van der Waals surface area contributed by atoms with E-state index in [1.165, 1.54) is 5.56 Å². The minimum Gasteiger partial charge on any atom is -0.381 e. The quantitative estimate of drug-likeness (QED) is 0.891. The number of piperidine rings is 1. The summed E-state index contributed by atoms with van der Waals surface area (Å²) in [5.74, 6) is 0.958. The number of hydrogen-bond donors (Lipinski definition) is 2. The van der Waals surface area contributed by atoms with Crippen LogP contribution < -0.4 is 10.6 Å². The van der Waals surface area contributed by atoms with Crippen LogP contribution in [-0.2, 0) is 10.3 Å². The molecule has 3 aliphatic heterocycles. The molecular formula is C19H27N3O2. The summed E-state index contributed by atoms with van der Waals surface area (Å²) in [6.07, 6.45) is 3.22. The van der Waals surface area contributed by atoms with Crippen LogP contribution in [0, 0.1) is 11.8 Å². The first-order chi connectivity index (χ1) is 11.8. The third kappa shape index (κ3) is 2.60. The van der Waals surface area contributed by atoms with Crippen LogP contribution >= 0.6 is 0 Å². The Morgan fingerprint density at radius 2 is 1.92 bits per heavy atom. The van der Waals surface area contributed by atoms with Crippen LogP contribution in [0.4, 0.5) is 4.79 Å². The third-order valence-electron chi connectivity index (χ3n) is 6.10. The summed E-state index contributed by atoms with van der Waals surface area (Å²) in [5.41, 5.74) is 1.04. The van der Waals surface area contributed by atoms with Crippen LogP contribution in [0.2, 0.25) is 0 Å². The van der Waals surface area contributed by atoms with Crippen molar-refractivity contribution >= 4 is 6.03 Å². The van der Waals surface area contributed by atoms with Gasteiger partial charge in [0.1, 0.15) is 0 Å². The van der Waals surface area contributed by atoms with Crippen molar-refractivity contribution in [2.75, 3.05) is 39.4 Å². The van der Waals surface area contributed by atoms with E-state index in [-0.39, 0.29) is 11.6 Å². The van der Waals surface area contributed by atoms with Gasteiger partial charge in [-0.05, 0) is 43.8 Å². The topological polar surface area (TPSA) is 53.6 Å². The van der Waals surface area contributed by atoms with Gasteiger partial charge in [0.05, 0.1) is 12.1 Å². The van der Waals surface area contributed by atoms with Crippen molar-refractivity contribution in [3.8, 4) is 0 Å². The summed E-state index contributed by atoms with van der Waals surface area (Å²) < 4.78 is 5.93. The van der Waals surface area contributed by atoms with Crippen molar-refractivity contribution in [1.29, 1.82) is 0 Å². The highest BCUT2D eigenvalue weighted by atomic mass is 16.5. The van der Waals surface area contributed by atoms with Crippen LogP contribution in [0.15, 0.2) is 30.3 Å². The first kappa shape index (κ1) is 15.9. The SMILES string of the molecule is O=C1NCCN1C1(c2ccccc2)CCOCC1C1CCNCC1. The fourth-order valence-corrected chi connectivity index (χ4v) is 4.96. The third-order valence-corrected chi connectivity index (χ3v) is 6.10. The lowest BCUT2D eigenvalue weighted by Gasteiger charge is -2.52. The molecule has 1 aromatic rings. The number of rotatable bonds is 3. The lowest BCUT2D eigenvalue weighted by molar-refractivity contribution is -0.0849. The summed E-state index contributed by atoms with van der Waals surface area (Å²) in [4.78, 5) is 14.8. The Kier molecular flexibility index (Phi) is 4.46. The summed E-state index contributed by atoms with van der Waals surface area (Å²) in [6.45, 7) is 5.14. The second-order valence-corrected chi connectivity index (χ2v) is 7.19. The van der Waals surface area contributed by atoms with Crippen LogP contribution in [0.1, 0.15) is 24.8 Å². The number of hydrogen-bond acceptors (Lipinski definition) is 3. The van der Waals surface area contributed by atoms with Crippen LogP contribution in [0.3, 0.4) is 0 Å². The Hall–Kier alpha value is -1.59. The van der Waals surface area contributed by atoms with E-state index in [4.69, 9.17) is 4.74 Å². The van der Waals surface area contributed by atoms with Crippen LogP contribution in [0.25, 0.3) is 0 Å². The van der Waals surface area contributed by atoms with Gasteiger partial charge in [-0.3, -0.25) is 0 Å². The number of nitrogens with zero attached hydrogens (tertiary/aromatic N) is 1. The molecule has 130 valence electrons. The van der Waals surface area contributed by atoms with Crippen LogP contribution in [-0.4, -0.2) is 50.3 Å². The molecule has 1 aromatic carbocycles. The summed E-state index contributed by atoms with van der Waals surface area (Å²) in [7, 11) is 0. The van der Waals surface area contributed by atoms with Gasteiger partial charge in [-0.1, -0.05) is 30.3 Å². The Labute approximate surface area is 143 Å². The number of benzene rings is 1. The van der Waals surface area contributed by atoms with Gasteiger partial charge in [0, 0.05) is 25.6 Å². The molecule has 3 fully saturated rings. The molecule has 0 aromatic heterocycles. The second kappa shape index (κ2) is 6.73. The molecule has 2 N–H and O–H groups in total. The number of ether oxygens (including phenoxy) is 1. The standard InChI is InChI=1S/C19H27N3O2/c23-18-21-11-12-22(18)19(16-4-2-1-3-5-16)8-13-24-14-17(19)15-6-9-20-10-7-15/h1-5,15,17,20H,6-14H2,(H,21,23). The number of amides is 2. The summed E-state index contributed by atoms with van der Waals surface area (Å²) >= 11 is 0. The van der Waals surface area contributed by atoms with E-state index in [1.54, 1.807) is 0 Å². The van der Waals surface area contributed by atoms with Crippen LogP contribution in [0.5, 0.6) is 0 Å². The molecule has 3 heterocycles. The largest absolute Gasteiger partial charge is 0.381 e. The molecule has 2 amide bonds. The second-order valence-electron chi connectivity index (χ2n) is 7.19. The average Bonchev–Trinajstić information content (AvgIpc) is 3.09. The molecule has 0 radical (unpaired) electrons. The highest BCUT2D eigenvalue weighted by Crippen LogP contribution is 2.47. The molecule has 2 atom stereocenters. The molecule has 0 saturated carbocycles. The molecule has 5 heteroatoms. The van der Waals surface area contributed by atoms with Crippen molar-refractivity contribution in [2.24, 2.45) is 11.8 Å². The molecular weight excluding hydrogens is 302 g/mol. The minimum atomic E-state index is -0.234. The molecule has 3 aliphatic rings. The minimum absolute atomic E-state index is 0.0830. The van der Waals surface area contributed by atoms with E-state index in [0.29, 0.717) is 11.8 Å². The molecule has 5 nitrogen and oxygen atoms in total. The fraction of sp³-hybridized carbons (Fsp3) is 0.632. The van der Waals surface area contributed by atoms with E-state index in [0.717, 1.165) is 58.7 Å². The predicted octanol–water partition coefficient (Wildman–Crippen LogP) is 1.94. The molecule has 4 rings (SSSR count). The predicted molar refractivity (Wildman–Crippen MR) is 92.7 cm³/mol. The van der Waals surface area contributed by atoms with Crippen molar-refractivity contribution in [3.63, 3.8) is 0 Å². The van der Waals surface area contributed by atoms with Crippen molar-refractivity contribution in [2.45, 2.75) is 24.8 Å². The monoisotopic (exact) mass is 329 g/mol. The lowest BCUT2D eigenvalue weighted by Crippen LogP contribution is -2.59. The van der Waals surface area contributed by atoms with Gasteiger partial charge in [-0.2, -0.15) is 0 Å². The van der Waals surface area contributed by atoms with Crippen molar-refractivity contribution < 1.29 is 9.53 Å². The molecule has 24 heavy (non-hydrogen) atoms. The fourth-order valence-electron chi connectivity index (χ4n) is 4.96. The smallest absolute Gasteiger partial charge is 0.318 e. The maximum absolute atomic E-state index is 12.6. The van der Waals surface area contributed by atoms with E-state index >= 15 is 0 Å². The summed E-state index contributed by atoms with van der Waals surface area (Å²) in [5, 5.41) is 6.48. The number of carbonyl (C=O) groups excluding carboxylic acids is 1. The molecule has 0 aliphatic carbocycles. The Morgan fingerprint density at radius 1 is 1.12 bits per heavy atom. The zero-order chi connectivity index (χ0) is 16.4. The number of urea groups is 1. The maximum Gasteiger partial charge on any atom is 0.318 e. The molecule has 2 unspecified atom stereocenters. The van der Waals surface area contributed by atoms with Crippen molar-refractivity contribution in [3.05, 3.63) is 35.9 Å². The first-order valence-electron chi connectivity index (χ1n) is 9.22.